The van der Waals surface area contributed by atoms with Gasteiger partial charge in [0.25, 0.3) is 0 Å². The number of aromatic amines is 1. The van der Waals surface area contributed by atoms with Crippen molar-refractivity contribution in [3.8, 4) is 5.75 Å². The van der Waals surface area contributed by atoms with Crippen molar-refractivity contribution in [1.82, 2.24) is 24.6 Å². The van der Waals surface area contributed by atoms with Crippen molar-refractivity contribution in [2.45, 2.75) is 19.1 Å². The highest BCUT2D eigenvalue weighted by Crippen LogP contribution is 2.25. The van der Waals surface area contributed by atoms with Gasteiger partial charge in [0.15, 0.2) is 0 Å². The van der Waals surface area contributed by atoms with Crippen molar-refractivity contribution >= 4 is 10.9 Å². The Bertz CT molecular complexity index is 1040. The zero-order chi connectivity index (χ0) is 18.1. The van der Waals surface area contributed by atoms with Gasteiger partial charge in [0.1, 0.15) is 12.4 Å². The van der Waals surface area contributed by atoms with Crippen LogP contribution in [-0.2, 0) is 13.1 Å². The molecule has 4 aromatic rings. The van der Waals surface area contributed by atoms with Gasteiger partial charge in [-0.3, -0.25) is 14.6 Å². The molecule has 0 aliphatic carbocycles. The molecule has 0 amide bonds. The van der Waals surface area contributed by atoms with E-state index in [0.29, 0.717) is 6.61 Å². The van der Waals surface area contributed by atoms with E-state index in [1.54, 1.807) is 12.4 Å². The Morgan fingerprint density at radius 3 is 3.04 bits per heavy atom. The first kappa shape index (κ1) is 16.1. The van der Waals surface area contributed by atoms with Crippen LogP contribution in [0.25, 0.3) is 10.9 Å². The monoisotopic (exact) mass is 359 g/mol. The van der Waals surface area contributed by atoms with Crippen molar-refractivity contribution < 1.29 is 4.74 Å². The van der Waals surface area contributed by atoms with Crippen LogP contribution in [0.5, 0.6) is 5.75 Å². The second kappa shape index (κ2) is 6.89. The Kier molecular flexibility index (Phi) is 4.10. The number of H-pyrrole nitrogens is 1. The van der Waals surface area contributed by atoms with E-state index in [1.165, 1.54) is 22.2 Å². The van der Waals surface area contributed by atoms with E-state index in [2.05, 4.69) is 55.0 Å². The van der Waals surface area contributed by atoms with E-state index in [-0.39, 0.29) is 6.04 Å². The molecule has 1 aliphatic heterocycles. The number of fused-ring (bicyclic) bond motifs is 2. The predicted octanol–water partition coefficient (Wildman–Crippen LogP) is 3.40. The molecule has 1 atom stereocenters. The smallest absolute Gasteiger partial charge is 0.137 e. The lowest BCUT2D eigenvalue weighted by Crippen LogP contribution is -2.39. The van der Waals surface area contributed by atoms with Gasteiger partial charge in [-0.2, -0.15) is 5.10 Å². The molecule has 3 aromatic heterocycles. The molecule has 136 valence electrons. The van der Waals surface area contributed by atoms with Gasteiger partial charge in [-0.1, -0.05) is 12.1 Å². The molecule has 1 aliphatic rings. The summed E-state index contributed by atoms with van der Waals surface area (Å²) in [5.74, 6) is 0.792. The molecule has 0 radical (unpaired) electrons. The predicted molar refractivity (Wildman–Crippen MR) is 103 cm³/mol. The van der Waals surface area contributed by atoms with Crippen LogP contribution in [0.4, 0.5) is 0 Å². The summed E-state index contributed by atoms with van der Waals surface area (Å²) in [5, 5.41) is 5.81. The number of rotatable bonds is 5. The number of pyridine rings is 1. The Morgan fingerprint density at radius 2 is 2.11 bits per heavy atom. The SMILES string of the molecule is c1cncc(OC[C@@H]2CN(Cc3cccc4[nH]ccc34)Cc3ccnn32)c1. The van der Waals surface area contributed by atoms with Crippen molar-refractivity contribution in [3.63, 3.8) is 0 Å². The highest BCUT2D eigenvalue weighted by atomic mass is 16.5. The van der Waals surface area contributed by atoms with E-state index in [4.69, 9.17) is 4.74 Å². The first-order valence-electron chi connectivity index (χ1n) is 9.19. The lowest BCUT2D eigenvalue weighted by molar-refractivity contribution is 0.127. The van der Waals surface area contributed by atoms with Gasteiger partial charge in [-0.25, -0.2) is 0 Å². The normalized spacial score (nSPS) is 17.1. The molecule has 1 aromatic carbocycles. The summed E-state index contributed by atoms with van der Waals surface area (Å²) in [6, 6.07) is 14.7. The molecule has 27 heavy (non-hydrogen) atoms. The summed E-state index contributed by atoms with van der Waals surface area (Å²) in [6.07, 6.45) is 7.38. The average molecular weight is 359 g/mol. The van der Waals surface area contributed by atoms with Gasteiger partial charge in [-0.05, 0) is 35.9 Å². The van der Waals surface area contributed by atoms with Gasteiger partial charge >= 0.3 is 0 Å². The number of hydrogen-bond acceptors (Lipinski definition) is 4. The maximum atomic E-state index is 5.97. The standard InChI is InChI=1S/C21H21N5O/c1-3-16(20-7-9-23-21(20)5-1)12-25-13-17-6-10-24-26(17)18(14-25)15-27-19-4-2-8-22-11-19/h1-11,18,23H,12-15H2/t18-/m0/s1. The van der Waals surface area contributed by atoms with Crippen LogP contribution in [0.1, 0.15) is 17.3 Å². The van der Waals surface area contributed by atoms with Crippen LogP contribution in [0.2, 0.25) is 0 Å². The van der Waals surface area contributed by atoms with E-state index in [0.717, 1.165) is 25.4 Å². The largest absolute Gasteiger partial charge is 0.490 e. The van der Waals surface area contributed by atoms with E-state index in [1.807, 2.05) is 24.5 Å². The highest BCUT2D eigenvalue weighted by Gasteiger charge is 2.26. The van der Waals surface area contributed by atoms with Crippen LogP contribution in [0, 0.1) is 0 Å². The Hall–Kier alpha value is -3.12. The summed E-state index contributed by atoms with van der Waals surface area (Å²) >= 11 is 0. The molecule has 0 saturated carbocycles. The molecule has 0 saturated heterocycles. The van der Waals surface area contributed by atoms with Crippen molar-refractivity contribution in [3.05, 3.63) is 78.5 Å². The van der Waals surface area contributed by atoms with Crippen LogP contribution in [-0.4, -0.2) is 37.8 Å². The summed E-state index contributed by atoms with van der Waals surface area (Å²) in [5.41, 5.74) is 3.75. The second-order valence-electron chi connectivity index (χ2n) is 6.95. The van der Waals surface area contributed by atoms with Gasteiger partial charge < -0.3 is 9.72 Å². The van der Waals surface area contributed by atoms with Crippen LogP contribution in [0.15, 0.2) is 67.3 Å². The quantitative estimate of drug-likeness (QED) is 0.593. The number of nitrogens with zero attached hydrogens (tertiary/aromatic N) is 4. The van der Waals surface area contributed by atoms with Gasteiger partial charge in [0.05, 0.1) is 17.9 Å². The van der Waals surface area contributed by atoms with E-state index < -0.39 is 0 Å². The fourth-order valence-corrected chi connectivity index (χ4v) is 3.86. The minimum absolute atomic E-state index is 0.175. The van der Waals surface area contributed by atoms with E-state index in [9.17, 15) is 0 Å². The van der Waals surface area contributed by atoms with Gasteiger partial charge in [0, 0.05) is 49.1 Å². The molecular weight excluding hydrogens is 338 g/mol. The Balaban J connectivity index is 1.35. The number of hydrogen-bond donors (Lipinski definition) is 1. The molecule has 0 fully saturated rings. The summed E-state index contributed by atoms with van der Waals surface area (Å²) in [6.45, 7) is 3.27. The molecule has 0 spiro atoms. The zero-order valence-electron chi connectivity index (χ0n) is 15.0. The minimum atomic E-state index is 0.175. The van der Waals surface area contributed by atoms with Crippen LogP contribution < -0.4 is 4.74 Å². The van der Waals surface area contributed by atoms with Crippen molar-refractivity contribution in [2.75, 3.05) is 13.2 Å². The highest BCUT2D eigenvalue weighted by molar-refractivity contribution is 5.82. The average Bonchev–Trinajstić information content (AvgIpc) is 3.36. The van der Waals surface area contributed by atoms with Gasteiger partial charge in [0.2, 0.25) is 0 Å². The Labute approximate surface area is 157 Å². The molecule has 0 unspecified atom stereocenters. The first-order valence-corrected chi connectivity index (χ1v) is 9.19. The molecule has 4 heterocycles. The summed E-state index contributed by atoms with van der Waals surface area (Å²) in [7, 11) is 0. The molecular formula is C21H21N5O. The number of benzene rings is 1. The fourth-order valence-electron chi connectivity index (χ4n) is 3.86. The van der Waals surface area contributed by atoms with E-state index >= 15 is 0 Å². The summed E-state index contributed by atoms with van der Waals surface area (Å²) < 4.78 is 8.07. The molecule has 0 bridgehead atoms. The zero-order valence-corrected chi connectivity index (χ0v) is 15.0. The first-order chi connectivity index (χ1) is 13.4. The lowest BCUT2D eigenvalue weighted by Gasteiger charge is -2.34. The number of ether oxygens (including phenoxy) is 1. The fraction of sp³-hybridized carbons (Fsp3) is 0.238. The van der Waals surface area contributed by atoms with Crippen LogP contribution in [0.3, 0.4) is 0 Å². The molecule has 5 rings (SSSR count). The third kappa shape index (κ3) is 3.19. The van der Waals surface area contributed by atoms with Crippen molar-refractivity contribution in [2.24, 2.45) is 0 Å². The maximum absolute atomic E-state index is 5.97. The molecule has 1 N–H and O–H groups in total. The third-order valence-electron chi connectivity index (χ3n) is 5.11. The maximum Gasteiger partial charge on any atom is 0.137 e. The molecule has 6 heteroatoms. The second-order valence-corrected chi connectivity index (χ2v) is 6.95. The van der Waals surface area contributed by atoms with Gasteiger partial charge in [-0.15, -0.1) is 0 Å². The van der Waals surface area contributed by atoms with Crippen molar-refractivity contribution in [1.29, 1.82) is 0 Å². The molecule has 6 nitrogen and oxygen atoms in total. The van der Waals surface area contributed by atoms with Crippen LogP contribution >= 0.6 is 0 Å². The number of nitrogens with one attached hydrogen (secondary N) is 1. The third-order valence-corrected chi connectivity index (χ3v) is 5.11. The number of aromatic nitrogens is 4. The summed E-state index contributed by atoms with van der Waals surface area (Å²) in [4.78, 5) is 9.88. The lowest BCUT2D eigenvalue weighted by atomic mass is 10.1. The minimum Gasteiger partial charge on any atom is -0.490 e. The topological polar surface area (TPSA) is 59.0 Å². The Morgan fingerprint density at radius 1 is 1.11 bits per heavy atom.